The van der Waals surface area contributed by atoms with Gasteiger partial charge in [-0.05, 0) is 48.9 Å². The first kappa shape index (κ1) is 14.7. The molecule has 0 aliphatic heterocycles. The topological polar surface area (TPSA) is 26.0 Å². The number of hydrogen-bond acceptors (Lipinski definition) is 1. The van der Waals surface area contributed by atoms with Crippen molar-refractivity contribution in [2.75, 3.05) is 6.54 Å². The zero-order valence-corrected chi connectivity index (χ0v) is 12.6. The molecule has 0 heterocycles. The van der Waals surface area contributed by atoms with Crippen molar-refractivity contribution in [3.63, 3.8) is 0 Å². The van der Waals surface area contributed by atoms with Crippen LogP contribution >= 0.6 is 15.9 Å². The summed E-state index contributed by atoms with van der Waals surface area (Å²) >= 11 is 3.53. The van der Waals surface area contributed by atoms with Gasteiger partial charge in [0, 0.05) is 4.47 Å². The molecule has 0 aromatic heterocycles. The lowest BCUT2D eigenvalue weighted by atomic mass is 9.75. The molecule has 2 N–H and O–H groups in total. The van der Waals surface area contributed by atoms with Gasteiger partial charge in [-0.2, -0.15) is 0 Å². The Balaban J connectivity index is 2.78. The molecular weight excluding hydrogens is 274 g/mol. The summed E-state index contributed by atoms with van der Waals surface area (Å²) in [5.74, 6) is 0. The van der Waals surface area contributed by atoms with Gasteiger partial charge in [-0.15, -0.1) is 0 Å². The second-order valence-electron chi connectivity index (χ2n) is 4.97. The van der Waals surface area contributed by atoms with E-state index in [0.29, 0.717) is 0 Å². The summed E-state index contributed by atoms with van der Waals surface area (Å²) in [6, 6.07) is 8.60. The number of benzene rings is 1. The Labute approximate surface area is 114 Å². The number of rotatable bonds is 7. The Morgan fingerprint density at radius 2 is 2.06 bits per heavy atom. The van der Waals surface area contributed by atoms with Gasteiger partial charge in [-0.25, -0.2) is 0 Å². The van der Waals surface area contributed by atoms with Gasteiger partial charge in [0.25, 0.3) is 0 Å². The first-order valence-corrected chi connectivity index (χ1v) is 7.39. The molecule has 96 valence electrons. The molecule has 1 nitrogen and oxygen atoms in total. The van der Waals surface area contributed by atoms with Gasteiger partial charge in [0.05, 0.1) is 0 Å². The molecule has 0 amide bonds. The van der Waals surface area contributed by atoms with Crippen LogP contribution < -0.4 is 5.73 Å². The molecule has 2 heteroatoms. The maximum absolute atomic E-state index is 6.03. The maximum atomic E-state index is 6.03. The van der Waals surface area contributed by atoms with Gasteiger partial charge in [0.2, 0.25) is 0 Å². The van der Waals surface area contributed by atoms with E-state index in [-0.39, 0.29) is 5.41 Å². The van der Waals surface area contributed by atoms with E-state index in [2.05, 4.69) is 54.0 Å². The molecule has 1 aromatic carbocycles. The SMILES string of the molecule is CCCCC(CC)(CN)Cc1cccc(Br)c1. The zero-order chi connectivity index (χ0) is 12.7. The van der Waals surface area contributed by atoms with Crippen molar-refractivity contribution in [2.24, 2.45) is 11.1 Å². The summed E-state index contributed by atoms with van der Waals surface area (Å²) in [6.45, 7) is 5.30. The second kappa shape index (κ2) is 7.17. The molecule has 0 radical (unpaired) electrons. The predicted molar refractivity (Wildman–Crippen MR) is 79.1 cm³/mol. The molecule has 0 saturated carbocycles. The van der Waals surface area contributed by atoms with Gasteiger partial charge in [0.1, 0.15) is 0 Å². The monoisotopic (exact) mass is 297 g/mol. The molecule has 1 rings (SSSR count). The highest BCUT2D eigenvalue weighted by molar-refractivity contribution is 9.10. The first-order chi connectivity index (χ1) is 8.15. The van der Waals surface area contributed by atoms with Gasteiger partial charge in [-0.1, -0.05) is 54.8 Å². The molecule has 0 saturated heterocycles. The fourth-order valence-electron chi connectivity index (χ4n) is 2.34. The van der Waals surface area contributed by atoms with Crippen molar-refractivity contribution in [3.05, 3.63) is 34.3 Å². The molecule has 0 bridgehead atoms. The normalized spacial score (nSPS) is 14.6. The van der Waals surface area contributed by atoms with E-state index in [1.54, 1.807) is 0 Å². The van der Waals surface area contributed by atoms with E-state index in [9.17, 15) is 0 Å². The molecule has 1 atom stereocenters. The fourth-order valence-corrected chi connectivity index (χ4v) is 2.79. The zero-order valence-electron chi connectivity index (χ0n) is 11.0. The number of nitrogens with two attached hydrogens (primary N) is 1. The highest BCUT2D eigenvalue weighted by Crippen LogP contribution is 2.32. The number of halogens is 1. The molecule has 1 aromatic rings. The Kier molecular flexibility index (Phi) is 6.21. The van der Waals surface area contributed by atoms with Crippen molar-refractivity contribution in [1.29, 1.82) is 0 Å². The summed E-state index contributed by atoms with van der Waals surface area (Å²) in [5.41, 5.74) is 7.71. The van der Waals surface area contributed by atoms with Crippen LogP contribution in [0.25, 0.3) is 0 Å². The van der Waals surface area contributed by atoms with Crippen LogP contribution in [0.3, 0.4) is 0 Å². The lowest BCUT2D eigenvalue weighted by Gasteiger charge is -2.31. The van der Waals surface area contributed by atoms with Crippen molar-refractivity contribution in [3.8, 4) is 0 Å². The molecule has 0 aliphatic rings. The van der Waals surface area contributed by atoms with E-state index in [1.165, 1.54) is 24.8 Å². The third kappa shape index (κ3) is 4.44. The lowest BCUT2D eigenvalue weighted by molar-refractivity contribution is 0.251. The van der Waals surface area contributed by atoms with Gasteiger partial charge in [0.15, 0.2) is 0 Å². The van der Waals surface area contributed by atoms with Crippen LogP contribution in [0, 0.1) is 5.41 Å². The average molecular weight is 298 g/mol. The minimum Gasteiger partial charge on any atom is -0.330 e. The lowest BCUT2D eigenvalue weighted by Crippen LogP contribution is -2.32. The van der Waals surface area contributed by atoms with E-state index in [0.717, 1.165) is 23.9 Å². The first-order valence-electron chi connectivity index (χ1n) is 6.60. The van der Waals surface area contributed by atoms with Crippen LogP contribution in [0.15, 0.2) is 28.7 Å². The summed E-state index contributed by atoms with van der Waals surface area (Å²) in [7, 11) is 0. The summed E-state index contributed by atoms with van der Waals surface area (Å²) in [6.07, 6.45) is 6.03. The standard InChI is InChI=1S/C15H24BrN/c1-3-5-9-15(4-2,12-17)11-13-7-6-8-14(16)10-13/h6-8,10H,3-5,9,11-12,17H2,1-2H3. The molecule has 17 heavy (non-hydrogen) atoms. The predicted octanol–water partition coefficient (Wildman–Crippen LogP) is 4.54. The summed E-state index contributed by atoms with van der Waals surface area (Å²) < 4.78 is 1.16. The largest absolute Gasteiger partial charge is 0.330 e. The third-order valence-electron chi connectivity index (χ3n) is 3.71. The Morgan fingerprint density at radius 1 is 1.29 bits per heavy atom. The molecule has 1 unspecified atom stereocenters. The van der Waals surface area contributed by atoms with E-state index >= 15 is 0 Å². The van der Waals surface area contributed by atoms with E-state index < -0.39 is 0 Å². The third-order valence-corrected chi connectivity index (χ3v) is 4.21. The summed E-state index contributed by atoms with van der Waals surface area (Å²) in [5, 5.41) is 0. The second-order valence-corrected chi connectivity index (χ2v) is 5.88. The van der Waals surface area contributed by atoms with Crippen LogP contribution in [-0.4, -0.2) is 6.54 Å². The van der Waals surface area contributed by atoms with Crippen molar-refractivity contribution < 1.29 is 0 Å². The minimum atomic E-state index is 0.288. The Hall–Kier alpha value is -0.340. The Bertz CT molecular complexity index is 331. The molecule has 0 spiro atoms. The highest BCUT2D eigenvalue weighted by Gasteiger charge is 2.26. The molecular formula is C15H24BrN. The van der Waals surface area contributed by atoms with Crippen LogP contribution in [0.2, 0.25) is 0 Å². The average Bonchev–Trinajstić information content (AvgIpc) is 2.35. The van der Waals surface area contributed by atoms with Crippen molar-refractivity contribution in [2.45, 2.75) is 46.0 Å². The highest BCUT2D eigenvalue weighted by atomic mass is 79.9. The van der Waals surface area contributed by atoms with Crippen molar-refractivity contribution in [1.82, 2.24) is 0 Å². The van der Waals surface area contributed by atoms with Crippen LogP contribution in [0.1, 0.15) is 45.1 Å². The van der Waals surface area contributed by atoms with Gasteiger partial charge in [-0.3, -0.25) is 0 Å². The molecule has 0 aliphatic carbocycles. The van der Waals surface area contributed by atoms with Gasteiger partial charge >= 0.3 is 0 Å². The van der Waals surface area contributed by atoms with E-state index in [1.807, 2.05) is 0 Å². The molecule has 0 fully saturated rings. The summed E-state index contributed by atoms with van der Waals surface area (Å²) in [4.78, 5) is 0. The van der Waals surface area contributed by atoms with Crippen molar-refractivity contribution >= 4 is 15.9 Å². The fraction of sp³-hybridized carbons (Fsp3) is 0.600. The minimum absolute atomic E-state index is 0.288. The van der Waals surface area contributed by atoms with Crippen LogP contribution in [-0.2, 0) is 6.42 Å². The Morgan fingerprint density at radius 3 is 2.59 bits per heavy atom. The van der Waals surface area contributed by atoms with Crippen LogP contribution in [0.4, 0.5) is 0 Å². The van der Waals surface area contributed by atoms with E-state index in [4.69, 9.17) is 5.73 Å². The van der Waals surface area contributed by atoms with Crippen LogP contribution in [0.5, 0.6) is 0 Å². The maximum Gasteiger partial charge on any atom is 0.0177 e. The number of hydrogen-bond donors (Lipinski definition) is 1. The van der Waals surface area contributed by atoms with Gasteiger partial charge < -0.3 is 5.73 Å². The quantitative estimate of drug-likeness (QED) is 0.786. The number of unbranched alkanes of at least 4 members (excludes halogenated alkanes) is 1. The smallest absolute Gasteiger partial charge is 0.0177 e.